The normalized spacial score (nSPS) is 10.9. The zero-order valence-corrected chi connectivity index (χ0v) is 13.3. The molecular formula is C15H9Cl3FN3. The second-order valence-corrected chi connectivity index (χ2v) is 5.58. The second kappa shape index (κ2) is 6.24. The summed E-state index contributed by atoms with van der Waals surface area (Å²) in [7, 11) is 0. The van der Waals surface area contributed by atoms with Crippen LogP contribution in [-0.4, -0.2) is 9.97 Å². The molecule has 0 aliphatic heterocycles. The summed E-state index contributed by atoms with van der Waals surface area (Å²) < 4.78 is 14.3. The fourth-order valence-electron chi connectivity index (χ4n) is 2.07. The highest BCUT2D eigenvalue weighted by molar-refractivity contribution is 6.31. The summed E-state index contributed by atoms with van der Waals surface area (Å²) in [5, 5.41) is 3.34. The molecule has 0 unspecified atom stereocenters. The molecule has 0 radical (unpaired) electrons. The Hall–Kier alpha value is -1.62. The van der Waals surface area contributed by atoms with Crippen LogP contribution in [-0.2, 0) is 5.88 Å². The molecule has 0 saturated carbocycles. The van der Waals surface area contributed by atoms with Crippen molar-refractivity contribution in [1.82, 2.24) is 9.97 Å². The van der Waals surface area contributed by atoms with Crippen LogP contribution < -0.4 is 5.32 Å². The van der Waals surface area contributed by atoms with Crippen molar-refractivity contribution < 1.29 is 4.39 Å². The zero-order chi connectivity index (χ0) is 15.7. The maximum absolute atomic E-state index is 14.3. The molecule has 112 valence electrons. The molecule has 0 aliphatic carbocycles. The number of benzene rings is 1. The van der Waals surface area contributed by atoms with Crippen molar-refractivity contribution in [2.45, 2.75) is 5.88 Å². The van der Waals surface area contributed by atoms with Crippen molar-refractivity contribution in [3.63, 3.8) is 0 Å². The van der Waals surface area contributed by atoms with E-state index in [0.29, 0.717) is 27.4 Å². The van der Waals surface area contributed by atoms with E-state index < -0.39 is 5.82 Å². The fraction of sp³-hybridized carbons (Fsp3) is 0.0667. The number of halogens is 4. The Morgan fingerprint density at radius 2 is 1.91 bits per heavy atom. The fourth-order valence-corrected chi connectivity index (χ4v) is 2.60. The van der Waals surface area contributed by atoms with Crippen molar-refractivity contribution in [2.24, 2.45) is 0 Å². The molecule has 1 aromatic carbocycles. The number of nitrogens with zero attached hydrogens (tertiary/aromatic N) is 2. The smallest absolute Gasteiger partial charge is 0.165 e. The maximum Gasteiger partial charge on any atom is 0.165 e. The zero-order valence-electron chi connectivity index (χ0n) is 11.1. The predicted octanol–water partition coefficient (Wildman–Crippen LogP) is 5.56. The van der Waals surface area contributed by atoms with Gasteiger partial charge in [-0.1, -0.05) is 29.3 Å². The number of nitrogens with one attached hydrogen (secondary N) is 1. The Bertz CT molecular complexity index is 855. The van der Waals surface area contributed by atoms with Crippen LogP contribution in [0.15, 0.2) is 36.5 Å². The highest BCUT2D eigenvalue weighted by atomic mass is 35.5. The summed E-state index contributed by atoms with van der Waals surface area (Å²) in [6.45, 7) is 0. The highest BCUT2D eigenvalue weighted by Crippen LogP contribution is 2.32. The van der Waals surface area contributed by atoms with Crippen LogP contribution in [0.25, 0.3) is 11.0 Å². The molecule has 7 heteroatoms. The molecule has 2 aromatic heterocycles. The van der Waals surface area contributed by atoms with Crippen molar-refractivity contribution in [3.8, 4) is 0 Å². The lowest BCUT2D eigenvalue weighted by Crippen LogP contribution is -2.01. The molecule has 2 heterocycles. The third kappa shape index (κ3) is 2.82. The van der Waals surface area contributed by atoms with Gasteiger partial charge in [-0.2, -0.15) is 0 Å². The minimum atomic E-state index is -0.563. The molecule has 3 aromatic rings. The SMILES string of the molecule is Fc1c(Cl)ccc(CCl)c1Nc1ccnc2ccc(Cl)nc12. The second-order valence-electron chi connectivity index (χ2n) is 4.51. The third-order valence-corrected chi connectivity index (χ3v) is 3.93. The van der Waals surface area contributed by atoms with Crippen LogP contribution in [0.2, 0.25) is 10.2 Å². The van der Waals surface area contributed by atoms with E-state index >= 15 is 0 Å². The molecule has 3 rings (SSSR count). The average molecular weight is 357 g/mol. The van der Waals surface area contributed by atoms with E-state index in [9.17, 15) is 4.39 Å². The monoisotopic (exact) mass is 355 g/mol. The van der Waals surface area contributed by atoms with Gasteiger partial charge in [-0.05, 0) is 29.8 Å². The first-order valence-electron chi connectivity index (χ1n) is 6.31. The molecular weight excluding hydrogens is 348 g/mol. The molecule has 0 spiro atoms. The molecule has 0 atom stereocenters. The van der Waals surface area contributed by atoms with Gasteiger partial charge >= 0.3 is 0 Å². The van der Waals surface area contributed by atoms with Gasteiger partial charge < -0.3 is 5.32 Å². The Labute approximate surface area is 141 Å². The van der Waals surface area contributed by atoms with E-state index in [1.54, 1.807) is 30.5 Å². The summed E-state index contributed by atoms with van der Waals surface area (Å²) in [5.74, 6) is -0.417. The van der Waals surface area contributed by atoms with Crippen LogP contribution in [0, 0.1) is 5.82 Å². The minimum absolute atomic E-state index is 0.0146. The first-order chi connectivity index (χ1) is 10.6. The summed E-state index contributed by atoms with van der Waals surface area (Å²) in [6, 6.07) is 8.21. The van der Waals surface area contributed by atoms with Gasteiger partial charge in [0.1, 0.15) is 10.7 Å². The quantitative estimate of drug-likeness (QED) is 0.493. The lowest BCUT2D eigenvalue weighted by atomic mass is 10.1. The van der Waals surface area contributed by atoms with Crippen LogP contribution in [0.3, 0.4) is 0 Å². The summed E-state index contributed by atoms with van der Waals surface area (Å²) in [6.07, 6.45) is 1.60. The van der Waals surface area contributed by atoms with E-state index in [0.717, 1.165) is 0 Å². The van der Waals surface area contributed by atoms with Gasteiger partial charge in [0.2, 0.25) is 0 Å². The van der Waals surface area contributed by atoms with Gasteiger partial charge in [0.25, 0.3) is 0 Å². The van der Waals surface area contributed by atoms with Crippen molar-refractivity contribution in [1.29, 1.82) is 0 Å². The minimum Gasteiger partial charge on any atom is -0.351 e. The molecule has 22 heavy (non-hydrogen) atoms. The largest absolute Gasteiger partial charge is 0.351 e. The lowest BCUT2D eigenvalue weighted by Gasteiger charge is -2.13. The number of fused-ring (bicyclic) bond motifs is 1. The van der Waals surface area contributed by atoms with Crippen LogP contribution in [0.4, 0.5) is 15.8 Å². The van der Waals surface area contributed by atoms with Crippen molar-refractivity contribution in [3.05, 3.63) is 58.1 Å². The average Bonchev–Trinajstić information content (AvgIpc) is 2.52. The Morgan fingerprint density at radius 1 is 1.09 bits per heavy atom. The van der Waals surface area contributed by atoms with Crippen molar-refractivity contribution in [2.75, 3.05) is 5.32 Å². The molecule has 3 nitrogen and oxygen atoms in total. The Balaban J connectivity index is 2.15. The third-order valence-electron chi connectivity index (χ3n) is 3.13. The number of alkyl halides is 1. The van der Waals surface area contributed by atoms with E-state index in [2.05, 4.69) is 15.3 Å². The first kappa shape index (κ1) is 15.3. The lowest BCUT2D eigenvalue weighted by molar-refractivity contribution is 0.631. The highest BCUT2D eigenvalue weighted by Gasteiger charge is 2.14. The van der Waals surface area contributed by atoms with Gasteiger partial charge in [0, 0.05) is 12.1 Å². The number of anilines is 2. The van der Waals surface area contributed by atoms with Gasteiger partial charge in [-0.25, -0.2) is 9.37 Å². The van der Waals surface area contributed by atoms with Gasteiger partial charge in [-0.15, -0.1) is 11.6 Å². The number of pyridine rings is 2. The van der Waals surface area contributed by atoms with Crippen LogP contribution in [0.5, 0.6) is 0 Å². The Kier molecular flexibility index (Phi) is 4.34. The van der Waals surface area contributed by atoms with Crippen LogP contribution >= 0.6 is 34.8 Å². The maximum atomic E-state index is 14.3. The molecule has 0 saturated heterocycles. The standard InChI is InChI=1S/C15H9Cl3FN3/c16-7-8-1-2-9(17)13(19)14(8)21-11-5-6-20-10-3-4-12(18)22-15(10)11/h1-6H,7H2,(H,20,21). The van der Waals surface area contributed by atoms with Crippen LogP contribution in [0.1, 0.15) is 5.56 Å². The molecule has 0 aliphatic rings. The summed E-state index contributed by atoms with van der Waals surface area (Å²) >= 11 is 17.6. The van der Waals surface area contributed by atoms with E-state index in [4.69, 9.17) is 34.8 Å². The van der Waals surface area contributed by atoms with Crippen molar-refractivity contribution >= 4 is 57.2 Å². The first-order valence-corrected chi connectivity index (χ1v) is 7.60. The van der Waals surface area contributed by atoms with E-state index in [1.807, 2.05) is 0 Å². The summed E-state index contributed by atoms with van der Waals surface area (Å²) in [5.41, 5.74) is 2.56. The molecule has 1 N–H and O–H groups in total. The molecule has 0 amide bonds. The number of hydrogen-bond donors (Lipinski definition) is 1. The number of rotatable bonds is 3. The topological polar surface area (TPSA) is 37.8 Å². The summed E-state index contributed by atoms with van der Waals surface area (Å²) in [4.78, 5) is 8.43. The van der Waals surface area contributed by atoms with E-state index in [-0.39, 0.29) is 16.6 Å². The number of aromatic nitrogens is 2. The van der Waals surface area contributed by atoms with Gasteiger partial charge in [-0.3, -0.25) is 4.98 Å². The van der Waals surface area contributed by atoms with Gasteiger partial charge in [0.05, 0.1) is 21.9 Å². The van der Waals surface area contributed by atoms with Gasteiger partial charge in [0.15, 0.2) is 5.82 Å². The predicted molar refractivity (Wildman–Crippen MR) is 88.8 cm³/mol. The molecule has 0 fully saturated rings. The molecule has 0 bridgehead atoms. The Morgan fingerprint density at radius 3 is 2.68 bits per heavy atom. The number of hydrogen-bond acceptors (Lipinski definition) is 3. The van der Waals surface area contributed by atoms with E-state index in [1.165, 1.54) is 6.07 Å².